The molecule has 7 heteroatoms. The average Bonchev–Trinajstić information content (AvgIpc) is 3.15. The Morgan fingerprint density at radius 3 is 1.41 bits per heavy atom. The van der Waals surface area contributed by atoms with E-state index in [0.717, 1.165) is 61.2 Å². The van der Waals surface area contributed by atoms with Crippen LogP contribution in [-0.4, -0.2) is 65.1 Å². The molecule has 7 nitrogen and oxygen atoms in total. The molecule has 2 N–H and O–H groups in total. The van der Waals surface area contributed by atoms with Crippen molar-refractivity contribution in [2.24, 2.45) is 11.8 Å². The molecule has 4 unspecified atom stereocenters. The molecule has 2 heterocycles. The molecule has 2 saturated heterocycles. The molecule has 4 aromatic carbocycles. The van der Waals surface area contributed by atoms with Gasteiger partial charge in [0.15, 0.2) is 0 Å². The Morgan fingerprint density at radius 1 is 0.609 bits per heavy atom. The number of benzene rings is 4. The molecule has 2 amide bonds. The predicted molar refractivity (Wildman–Crippen MR) is 179 cm³/mol. The molecule has 0 spiro atoms. The van der Waals surface area contributed by atoms with Crippen LogP contribution in [0.25, 0.3) is 0 Å². The second-order valence-electron chi connectivity index (χ2n) is 12.1. The second-order valence-corrected chi connectivity index (χ2v) is 12.1. The van der Waals surface area contributed by atoms with Gasteiger partial charge in [0.25, 0.3) is 11.8 Å². The number of aliphatic hydroxyl groups is 2. The van der Waals surface area contributed by atoms with Gasteiger partial charge in [-0.05, 0) is 73.2 Å². The largest absolute Gasteiger partial charge is 0.497 e. The van der Waals surface area contributed by atoms with E-state index in [1.54, 1.807) is 7.11 Å². The van der Waals surface area contributed by atoms with Crippen LogP contribution in [0.4, 0.5) is 0 Å². The summed E-state index contributed by atoms with van der Waals surface area (Å²) in [5, 5.41) is 21.3. The van der Waals surface area contributed by atoms with Crippen molar-refractivity contribution in [1.29, 1.82) is 0 Å². The highest BCUT2D eigenvalue weighted by atomic mass is 16.5. The molecular weight excluding hydrogens is 576 g/mol. The van der Waals surface area contributed by atoms with E-state index in [2.05, 4.69) is 0 Å². The van der Waals surface area contributed by atoms with Crippen LogP contribution in [0.5, 0.6) is 5.75 Å². The van der Waals surface area contributed by atoms with Gasteiger partial charge in [0.1, 0.15) is 5.75 Å². The Hall–Kier alpha value is -4.46. The van der Waals surface area contributed by atoms with E-state index in [-0.39, 0.29) is 23.7 Å². The number of amides is 2. The molecule has 2 aliphatic rings. The molecule has 240 valence electrons. The maximum absolute atomic E-state index is 12.6. The van der Waals surface area contributed by atoms with E-state index in [1.165, 1.54) is 0 Å². The van der Waals surface area contributed by atoms with Crippen LogP contribution in [0.15, 0.2) is 115 Å². The summed E-state index contributed by atoms with van der Waals surface area (Å²) in [7, 11) is 1.62. The number of methoxy groups -OCH3 is 1. The first-order chi connectivity index (χ1) is 22.4. The molecule has 0 radical (unpaired) electrons. The molecule has 0 saturated carbocycles. The molecule has 6 rings (SSSR count). The van der Waals surface area contributed by atoms with Gasteiger partial charge in [-0.3, -0.25) is 9.59 Å². The Labute approximate surface area is 272 Å². The number of ether oxygens (including phenoxy) is 1. The highest BCUT2D eigenvalue weighted by Gasteiger charge is 2.31. The number of hydrogen-bond donors (Lipinski definition) is 2. The lowest BCUT2D eigenvalue weighted by atomic mass is 9.88. The summed E-state index contributed by atoms with van der Waals surface area (Å²) in [6.07, 6.45) is 2.65. The van der Waals surface area contributed by atoms with Gasteiger partial charge in [-0.2, -0.15) is 0 Å². The lowest BCUT2D eigenvalue weighted by Crippen LogP contribution is -2.41. The van der Waals surface area contributed by atoms with Crippen LogP contribution in [-0.2, 0) is 0 Å². The minimum Gasteiger partial charge on any atom is -0.497 e. The van der Waals surface area contributed by atoms with Gasteiger partial charge >= 0.3 is 0 Å². The van der Waals surface area contributed by atoms with Gasteiger partial charge in [-0.25, -0.2) is 0 Å². The van der Waals surface area contributed by atoms with Gasteiger partial charge in [-0.1, -0.05) is 78.9 Å². The normalized spacial score (nSPS) is 19.3. The molecule has 2 fully saturated rings. The van der Waals surface area contributed by atoms with E-state index in [1.807, 2.05) is 125 Å². The summed E-state index contributed by atoms with van der Waals surface area (Å²) in [5.74, 6) is 1.03. The van der Waals surface area contributed by atoms with Crippen LogP contribution in [0.1, 0.15) is 69.7 Å². The van der Waals surface area contributed by atoms with Gasteiger partial charge in [0, 0.05) is 49.1 Å². The summed E-state index contributed by atoms with van der Waals surface area (Å²) in [5.41, 5.74) is 3.23. The van der Waals surface area contributed by atoms with Gasteiger partial charge in [-0.15, -0.1) is 0 Å². The summed E-state index contributed by atoms with van der Waals surface area (Å²) in [6, 6.07) is 35.9. The number of carbonyl (C=O) groups is 2. The van der Waals surface area contributed by atoms with Gasteiger partial charge in [0.2, 0.25) is 0 Å². The minimum absolute atomic E-state index is 0.0437. The molecule has 2 aliphatic heterocycles. The third kappa shape index (κ3) is 8.42. The predicted octanol–water partition coefficient (Wildman–Crippen LogP) is 6.55. The molecule has 0 aliphatic carbocycles. The number of hydrogen-bond acceptors (Lipinski definition) is 5. The highest BCUT2D eigenvalue weighted by molar-refractivity contribution is 5.94. The zero-order chi connectivity index (χ0) is 32.3. The lowest BCUT2D eigenvalue weighted by Gasteiger charge is -2.35. The number of carbonyl (C=O) groups excluding carboxylic acids is 2. The quantitative estimate of drug-likeness (QED) is 0.245. The van der Waals surface area contributed by atoms with Crippen molar-refractivity contribution in [3.05, 3.63) is 138 Å². The summed E-state index contributed by atoms with van der Waals surface area (Å²) < 4.78 is 5.16. The van der Waals surface area contributed by atoms with Crippen molar-refractivity contribution in [3.63, 3.8) is 0 Å². The fraction of sp³-hybridized carbons (Fsp3) is 0.333. The van der Waals surface area contributed by atoms with Crippen LogP contribution >= 0.6 is 0 Å². The number of nitrogens with zero attached hydrogens (tertiary/aromatic N) is 2. The second kappa shape index (κ2) is 16.2. The molecule has 46 heavy (non-hydrogen) atoms. The van der Waals surface area contributed by atoms with Crippen LogP contribution in [0, 0.1) is 11.8 Å². The monoisotopic (exact) mass is 620 g/mol. The maximum Gasteiger partial charge on any atom is 0.253 e. The Kier molecular flexibility index (Phi) is 11.6. The van der Waals surface area contributed by atoms with E-state index >= 15 is 0 Å². The standard InChI is InChI=1S/C20H23NO3.C19H21NO2/c1-24-18-11-9-15(10-12-18)19(22)17-8-5-13-21(14-17)20(23)16-6-3-2-4-7-16;21-18(15-8-3-1-4-9-15)17-12-7-13-20(14-17)19(22)16-10-5-2-6-11-16/h2-4,6-7,9-12,17,19,22H,5,8,13-14H2,1H3;1-6,8-11,17-18,21H,7,12-14H2. The molecule has 0 bridgehead atoms. The van der Waals surface area contributed by atoms with Crippen molar-refractivity contribution >= 4 is 11.8 Å². The molecule has 4 aromatic rings. The van der Waals surface area contributed by atoms with Crippen molar-refractivity contribution in [2.45, 2.75) is 37.9 Å². The fourth-order valence-electron chi connectivity index (χ4n) is 6.43. The Morgan fingerprint density at radius 2 is 1.00 bits per heavy atom. The average molecular weight is 621 g/mol. The lowest BCUT2D eigenvalue weighted by molar-refractivity contribution is 0.0394. The van der Waals surface area contributed by atoms with Crippen LogP contribution < -0.4 is 4.74 Å². The number of piperidine rings is 2. The number of aliphatic hydroxyl groups excluding tert-OH is 2. The van der Waals surface area contributed by atoms with Crippen molar-refractivity contribution < 1.29 is 24.5 Å². The molecule has 4 atom stereocenters. The number of rotatable bonds is 7. The highest BCUT2D eigenvalue weighted by Crippen LogP contribution is 2.32. The first-order valence-corrected chi connectivity index (χ1v) is 16.2. The Balaban J connectivity index is 0.000000182. The van der Waals surface area contributed by atoms with Crippen LogP contribution in [0.3, 0.4) is 0 Å². The summed E-state index contributed by atoms with van der Waals surface area (Å²) in [4.78, 5) is 28.9. The first-order valence-electron chi connectivity index (χ1n) is 16.2. The van der Waals surface area contributed by atoms with E-state index in [9.17, 15) is 19.8 Å². The summed E-state index contributed by atoms with van der Waals surface area (Å²) >= 11 is 0. The molecule has 0 aromatic heterocycles. The van der Waals surface area contributed by atoms with E-state index < -0.39 is 12.2 Å². The van der Waals surface area contributed by atoms with Crippen molar-refractivity contribution in [1.82, 2.24) is 9.80 Å². The SMILES string of the molecule is COc1ccc(C(O)C2CCCN(C(=O)c3ccccc3)C2)cc1.O=C(c1ccccc1)N1CCCC(C(O)c2ccccc2)C1. The third-order valence-electron chi connectivity index (χ3n) is 9.02. The van der Waals surface area contributed by atoms with E-state index in [0.29, 0.717) is 18.7 Å². The maximum atomic E-state index is 12.6. The van der Waals surface area contributed by atoms with Crippen molar-refractivity contribution in [2.75, 3.05) is 33.3 Å². The van der Waals surface area contributed by atoms with Gasteiger partial charge in [0.05, 0.1) is 19.3 Å². The number of likely N-dealkylation sites (tertiary alicyclic amines) is 2. The Bertz CT molecular complexity index is 1510. The summed E-state index contributed by atoms with van der Waals surface area (Å²) in [6.45, 7) is 2.72. The fourth-order valence-corrected chi connectivity index (χ4v) is 6.43. The van der Waals surface area contributed by atoms with E-state index in [4.69, 9.17) is 4.74 Å². The zero-order valence-corrected chi connectivity index (χ0v) is 26.4. The topological polar surface area (TPSA) is 90.3 Å². The van der Waals surface area contributed by atoms with Gasteiger partial charge < -0.3 is 24.7 Å². The first kappa shape index (κ1) is 32.9. The smallest absolute Gasteiger partial charge is 0.253 e. The minimum atomic E-state index is -0.567. The molecular formula is C39H44N2O5. The van der Waals surface area contributed by atoms with Crippen LogP contribution in [0.2, 0.25) is 0 Å². The van der Waals surface area contributed by atoms with Crippen molar-refractivity contribution in [3.8, 4) is 5.75 Å². The third-order valence-corrected chi connectivity index (χ3v) is 9.02. The zero-order valence-electron chi connectivity index (χ0n) is 26.4.